The van der Waals surface area contributed by atoms with Crippen molar-refractivity contribution in [2.24, 2.45) is 0 Å². The van der Waals surface area contributed by atoms with Gasteiger partial charge in [-0.2, -0.15) is 17.5 Å². The quantitative estimate of drug-likeness (QED) is 0.737. The molecule has 0 radical (unpaired) electrons. The maximum atomic E-state index is 12.4. The molecule has 0 aliphatic carbocycles. The molecule has 0 fully saturated rings. The first-order valence-electron chi connectivity index (χ1n) is 5.10. The molecule has 1 aromatic rings. The number of hydrogen-bond acceptors (Lipinski definition) is 2. The van der Waals surface area contributed by atoms with E-state index in [2.05, 4.69) is 31.9 Å². The minimum atomic E-state index is -4.58. The fraction of sp³-hybridized carbons (Fsp3) is 0.400. The Kier molecular flexibility index (Phi) is 5.44. The van der Waals surface area contributed by atoms with Crippen molar-refractivity contribution in [3.63, 3.8) is 0 Å². The van der Waals surface area contributed by atoms with E-state index < -0.39 is 22.7 Å². The molecule has 0 heterocycles. The molecular weight excluding hydrogens is 415 g/mol. The smallest absolute Gasteiger partial charge is 0.207 e. The average molecular weight is 425 g/mol. The van der Waals surface area contributed by atoms with Gasteiger partial charge in [0.2, 0.25) is 10.0 Å². The molecule has 19 heavy (non-hydrogen) atoms. The largest absolute Gasteiger partial charge is 0.402 e. The molecule has 0 aromatic heterocycles. The van der Waals surface area contributed by atoms with Crippen LogP contribution in [0.1, 0.15) is 6.92 Å². The number of sulfonamides is 1. The van der Waals surface area contributed by atoms with Crippen molar-refractivity contribution in [3.8, 4) is 0 Å². The van der Waals surface area contributed by atoms with Crippen LogP contribution in [0.4, 0.5) is 13.2 Å². The Morgan fingerprint density at radius 3 is 2.26 bits per heavy atom. The van der Waals surface area contributed by atoms with E-state index in [4.69, 9.17) is 0 Å². The molecule has 1 rings (SSSR count). The standard InChI is InChI=1S/C10H10Br2F3NO2S/c1-2-16(6-10(13,14)15)19(17,18)9-4-3-7(11)5-8(9)12/h3-5H,2,6H2,1H3. The molecule has 0 bridgehead atoms. The van der Waals surface area contributed by atoms with Gasteiger partial charge < -0.3 is 0 Å². The molecule has 0 unspecified atom stereocenters. The van der Waals surface area contributed by atoms with Crippen LogP contribution in [0.15, 0.2) is 32.0 Å². The van der Waals surface area contributed by atoms with Crippen molar-refractivity contribution < 1.29 is 21.6 Å². The van der Waals surface area contributed by atoms with Gasteiger partial charge in [-0.3, -0.25) is 0 Å². The third-order valence-corrected chi connectivity index (χ3v) is 5.61. The summed E-state index contributed by atoms with van der Waals surface area (Å²) in [5.74, 6) is 0. The van der Waals surface area contributed by atoms with Gasteiger partial charge in [0.15, 0.2) is 0 Å². The first-order chi connectivity index (χ1) is 8.58. The van der Waals surface area contributed by atoms with E-state index in [1.54, 1.807) is 0 Å². The van der Waals surface area contributed by atoms with E-state index in [9.17, 15) is 21.6 Å². The van der Waals surface area contributed by atoms with Gasteiger partial charge in [0.1, 0.15) is 6.54 Å². The van der Waals surface area contributed by atoms with Crippen molar-refractivity contribution in [2.45, 2.75) is 18.0 Å². The van der Waals surface area contributed by atoms with Crippen molar-refractivity contribution in [3.05, 3.63) is 27.1 Å². The van der Waals surface area contributed by atoms with Gasteiger partial charge in [0.05, 0.1) is 4.90 Å². The zero-order valence-corrected chi connectivity index (χ0v) is 13.7. The highest BCUT2D eigenvalue weighted by Gasteiger charge is 2.36. The van der Waals surface area contributed by atoms with E-state index in [0.29, 0.717) is 8.78 Å². The molecule has 3 nitrogen and oxygen atoms in total. The van der Waals surface area contributed by atoms with E-state index in [1.807, 2.05) is 0 Å². The van der Waals surface area contributed by atoms with Crippen molar-refractivity contribution in [1.82, 2.24) is 4.31 Å². The molecule has 0 N–H and O–H groups in total. The minimum Gasteiger partial charge on any atom is -0.207 e. The summed E-state index contributed by atoms with van der Waals surface area (Å²) in [7, 11) is -4.19. The lowest BCUT2D eigenvalue weighted by Crippen LogP contribution is -2.38. The highest BCUT2D eigenvalue weighted by atomic mass is 79.9. The summed E-state index contributed by atoms with van der Waals surface area (Å²) in [6, 6.07) is 4.18. The van der Waals surface area contributed by atoms with Crippen LogP contribution in [0.5, 0.6) is 0 Å². The van der Waals surface area contributed by atoms with Gasteiger partial charge in [-0.15, -0.1) is 0 Å². The predicted molar refractivity (Wildman–Crippen MR) is 72.3 cm³/mol. The molecule has 0 aliphatic heterocycles. The maximum Gasteiger partial charge on any atom is 0.402 e. The monoisotopic (exact) mass is 423 g/mol. The molecule has 0 aliphatic rings. The zero-order valence-electron chi connectivity index (χ0n) is 9.71. The van der Waals surface area contributed by atoms with E-state index in [-0.39, 0.29) is 15.9 Å². The number of benzene rings is 1. The van der Waals surface area contributed by atoms with E-state index in [1.165, 1.54) is 25.1 Å². The lowest BCUT2D eigenvalue weighted by molar-refractivity contribution is -0.135. The summed E-state index contributed by atoms with van der Waals surface area (Å²) < 4.78 is 62.7. The molecule has 0 saturated carbocycles. The Morgan fingerprint density at radius 2 is 1.84 bits per heavy atom. The maximum absolute atomic E-state index is 12.4. The summed E-state index contributed by atoms with van der Waals surface area (Å²) >= 11 is 6.19. The van der Waals surface area contributed by atoms with Crippen LogP contribution in [0.3, 0.4) is 0 Å². The van der Waals surface area contributed by atoms with Crippen molar-refractivity contribution in [2.75, 3.05) is 13.1 Å². The lowest BCUT2D eigenvalue weighted by Gasteiger charge is -2.22. The second kappa shape index (κ2) is 6.11. The van der Waals surface area contributed by atoms with Crippen molar-refractivity contribution in [1.29, 1.82) is 0 Å². The number of halogens is 5. The second-order valence-electron chi connectivity index (χ2n) is 3.62. The average Bonchev–Trinajstić information content (AvgIpc) is 2.23. The van der Waals surface area contributed by atoms with Gasteiger partial charge >= 0.3 is 6.18 Å². The van der Waals surface area contributed by atoms with Crippen LogP contribution < -0.4 is 0 Å². The Morgan fingerprint density at radius 1 is 1.26 bits per heavy atom. The first kappa shape index (κ1) is 16.9. The highest BCUT2D eigenvalue weighted by molar-refractivity contribution is 9.11. The highest BCUT2D eigenvalue weighted by Crippen LogP contribution is 2.29. The molecule has 0 atom stereocenters. The summed E-state index contributed by atoms with van der Waals surface area (Å²) in [6.45, 7) is -0.408. The van der Waals surface area contributed by atoms with Gasteiger partial charge in [-0.1, -0.05) is 22.9 Å². The number of hydrogen-bond donors (Lipinski definition) is 0. The fourth-order valence-electron chi connectivity index (χ4n) is 1.39. The molecule has 0 spiro atoms. The molecule has 0 saturated heterocycles. The molecule has 9 heteroatoms. The molecule has 1 aromatic carbocycles. The van der Waals surface area contributed by atoms with Gasteiger partial charge in [0, 0.05) is 15.5 Å². The van der Waals surface area contributed by atoms with Crippen LogP contribution >= 0.6 is 31.9 Å². The van der Waals surface area contributed by atoms with Crippen LogP contribution in [0.2, 0.25) is 0 Å². The Balaban J connectivity index is 3.21. The minimum absolute atomic E-state index is 0.193. The predicted octanol–water partition coefficient (Wildman–Crippen LogP) is 3.78. The first-order valence-corrected chi connectivity index (χ1v) is 8.12. The summed E-state index contributed by atoms with van der Waals surface area (Å²) in [6.07, 6.45) is -4.58. The topological polar surface area (TPSA) is 37.4 Å². The van der Waals surface area contributed by atoms with Crippen molar-refractivity contribution >= 4 is 41.9 Å². The SMILES string of the molecule is CCN(CC(F)(F)F)S(=O)(=O)c1ccc(Br)cc1Br. The Labute approximate surface area is 126 Å². The van der Waals surface area contributed by atoms with E-state index in [0.717, 1.165) is 0 Å². The van der Waals surface area contributed by atoms with Crippen LogP contribution in [-0.2, 0) is 10.0 Å². The van der Waals surface area contributed by atoms with Gasteiger partial charge in [-0.05, 0) is 34.1 Å². The van der Waals surface area contributed by atoms with Crippen LogP contribution in [-0.4, -0.2) is 32.0 Å². The molecule has 108 valence electrons. The van der Waals surface area contributed by atoms with Crippen LogP contribution in [0, 0.1) is 0 Å². The lowest BCUT2D eigenvalue weighted by atomic mass is 10.4. The third-order valence-electron chi connectivity index (χ3n) is 2.22. The molecular formula is C10H10Br2F3NO2S. The number of alkyl halides is 3. The zero-order chi connectivity index (χ0) is 14.8. The third kappa shape index (κ3) is 4.44. The normalized spacial score (nSPS) is 13.0. The Hall–Kier alpha value is -0.120. The van der Waals surface area contributed by atoms with Gasteiger partial charge in [-0.25, -0.2) is 8.42 Å². The van der Waals surface area contributed by atoms with Gasteiger partial charge in [0.25, 0.3) is 0 Å². The summed E-state index contributed by atoms with van der Waals surface area (Å²) in [5, 5.41) is 0. The number of nitrogens with zero attached hydrogens (tertiary/aromatic N) is 1. The fourth-order valence-corrected chi connectivity index (χ4v) is 4.53. The summed E-state index contributed by atoms with van der Waals surface area (Å²) in [4.78, 5) is -0.193. The molecule has 0 amide bonds. The summed E-state index contributed by atoms with van der Waals surface area (Å²) in [5.41, 5.74) is 0. The second-order valence-corrected chi connectivity index (χ2v) is 7.30. The van der Waals surface area contributed by atoms with E-state index >= 15 is 0 Å². The Bertz CT molecular complexity index is 560. The van der Waals surface area contributed by atoms with Crippen LogP contribution in [0.25, 0.3) is 0 Å². The number of rotatable bonds is 4.